The van der Waals surface area contributed by atoms with Crippen molar-refractivity contribution < 1.29 is 27.8 Å². The molecule has 0 unspecified atom stereocenters. The highest BCUT2D eigenvalue weighted by molar-refractivity contribution is 7.85. The summed E-state index contributed by atoms with van der Waals surface area (Å²) in [6, 6.07) is 8.40. The Balaban J connectivity index is 2.32. The molecule has 0 heterocycles. The number of non-ortho nitro benzene ring substituents is 1. The van der Waals surface area contributed by atoms with Gasteiger partial charge in [-0.15, -0.1) is 0 Å². The first-order valence-electron chi connectivity index (χ1n) is 6.56. The maximum Gasteiger partial charge on any atom is 0.338 e. The van der Waals surface area contributed by atoms with Crippen molar-refractivity contribution in [1.82, 2.24) is 0 Å². The molecule has 2 aromatic carbocycles. The summed E-state index contributed by atoms with van der Waals surface area (Å²) in [5, 5.41) is 23.5. The average Bonchev–Trinajstić information content (AvgIpc) is 2.54. The van der Waals surface area contributed by atoms with Crippen molar-refractivity contribution in [2.24, 2.45) is 5.10 Å². The van der Waals surface area contributed by atoms with Crippen LogP contribution in [-0.4, -0.2) is 35.2 Å². The molecule has 0 aromatic heterocycles. The number of carboxylic acid groups (broad SMARTS) is 1. The van der Waals surface area contributed by atoms with Gasteiger partial charge < -0.3 is 9.66 Å². The minimum absolute atomic E-state index is 0.00351. The number of carbonyl (C=O) groups is 1. The summed E-state index contributed by atoms with van der Waals surface area (Å²) in [5.41, 5.74) is 1.52. The molecule has 2 N–H and O–H groups in total. The number of hydrogen-bond acceptors (Lipinski definition) is 8. The van der Waals surface area contributed by atoms with Crippen molar-refractivity contribution in [3.05, 3.63) is 63.7 Å². The third kappa shape index (κ3) is 4.37. The molecule has 0 aliphatic heterocycles. The summed E-state index contributed by atoms with van der Waals surface area (Å²) in [6.07, 6.45) is 1.03. The fourth-order valence-electron chi connectivity index (χ4n) is 1.91. The number of hydrogen-bond donors (Lipinski definition) is 2. The highest BCUT2D eigenvalue weighted by Gasteiger charge is 2.15. The zero-order valence-corrected chi connectivity index (χ0v) is 13.1. The van der Waals surface area contributed by atoms with Crippen LogP contribution in [0.3, 0.4) is 0 Å². The number of carboxylic acids is 1. The van der Waals surface area contributed by atoms with E-state index in [4.69, 9.17) is 5.11 Å². The summed E-state index contributed by atoms with van der Waals surface area (Å²) in [5.74, 6) is -1.41. The topological polar surface area (TPSA) is 162 Å². The summed E-state index contributed by atoms with van der Waals surface area (Å²) < 4.78 is 33.5. The largest absolute Gasteiger partial charge is 0.744 e. The van der Waals surface area contributed by atoms with Gasteiger partial charge in [-0.25, -0.2) is 13.2 Å². The molecule has 0 aliphatic rings. The summed E-state index contributed by atoms with van der Waals surface area (Å²) in [6.45, 7) is 0. The van der Waals surface area contributed by atoms with Crippen LogP contribution in [0.2, 0.25) is 0 Å². The molecular formula is C14H10N3O7S-. The first-order valence-corrected chi connectivity index (χ1v) is 7.96. The Labute approximate surface area is 141 Å². The highest BCUT2D eigenvalue weighted by Crippen LogP contribution is 2.22. The lowest BCUT2D eigenvalue weighted by Gasteiger charge is -2.09. The van der Waals surface area contributed by atoms with Gasteiger partial charge in [0.05, 0.1) is 27.3 Å². The third-order valence-corrected chi connectivity index (χ3v) is 3.93. The van der Waals surface area contributed by atoms with Crippen molar-refractivity contribution in [3.8, 4) is 0 Å². The smallest absolute Gasteiger partial charge is 0.338 e. The highest BCUT2D eigenvalue weighted by atomic mass is 32.2. The second-order valence-electron chi connectivity index (χ2n) is 4.65. The lowest BCUT2D eigenvalue weighted by atomic mass is 10.1. The predicted octanol–water partition coefficient (Wildman–Crippen LogP) is 1.64. The van der Waals surface area contributed by atoms with Crippen LogP contribution in [0, 0.1) is 10.1 Å². The van der Waals surface area contributed by atoms with Gasteiger partial charge in [0.2, 0.25) is 0 Å². The van der Waals surface area contributed by atoms with Crippen LogP contribution in [0.25, 0.3) is 0 Å². The zero-order chi connectivity index (χ0) is 18.6. The Morgan fingerprint density at radius 2 is 1.92 bits per heavy atom. The van der Waals surface area contributed by atoms with Gasteiger partial charge in [-0.1, -0.05) is 18.2 Å². The normalized spacial score (nSPS) is 11.4. The quantitative estimate of drug-likeness (QED) is 0.338. The average molecular weight is 364 g/mol. The number of nitrogens with one attached hydrogen (secondary N) is 1. The Hall–Kier alpha value is -3.31. The Bertz CT molecular complexity index is 970. The Kier molecular flexibility index (Phi) is 5.10. The molecule has 0 atom stereocenters. The van der Waals surface area contributed by atoms with Crippen LogP contribution in [0.1, 0.15) is 15.9 Å². The Morgan fingerprint density at radius 1 is 1.24 bits per heavy atom. The first kappa shape index (κ1) is 18.0. The van der Waals surface area contributed by atoms with E-state index in [1.165, 1.54) is 18.2 Å². The molecule has 0 saturated carbocycles. The van der Waals surface area contributed by atoms with Gasteiger partial charge >= 0.3 is 5.97 Å². The molecule has 2 rings (SSSR count). The van der Waals surface area contributed by atoms with Crippen molar-refractivity contribution in [2.75, 3.05) is 5.43 Å². The standard InChI is InChI=1S/C14H11N3O7S/c18-14(19)11-7-10(17(20)21)5-6-12(11)16-15-8-9-3-1-2-4-13(9)25(22,23)24/h1-8,16H,(H,18,19)(H,22,23,24)/p-1/b15-8+. The third-order valence-electron chi connectivity index (χ3n) is 3.02. The van der Waals surface area contributed by atoms with Gasteiger partial charge in [-0.05, 0) is 12.1 Å². The number of nitrogens with zero attached hydrogens (tertiary/aromatic N) is 2. The molecule has 11 heteroatoms. The van der Waals surface area contributed by atoms with Crippen LogP contribution in [0.4, 0.5) is 11.4 Å². The molecule has 130 valence electrons. The van der Waals surface area contributed by atoms with Crippen LogP contribution >= 0.6 is 0 Å². The van der Waals surface area contributed by atoms with Gasteiger partial charge in [-0.3, -0.25) is 15.5 Å². The van der Waals surface area contributed by atoms with Gasteiger partial charge in [0, 0.05) is 17.7 Å². The fourth-order valence-corrected chi connectivity index (χ4v) is 2.56. The van der Waals surface area contributed by atoms with Crippen LogP contribution in [0.5, 0.6) is 0 Å². The van der Waals surface area contributed by atoms with E-state index < -0.39 is 37.2 Å². The van der Waals surface area contributed by atoms with Gasteiger partial charge in [0.15, 0.2) is 0 Å². The second-order valence-corrected chi connectivity index (χ2v) is 6.00. The van der Waals surface area contributed by atoms with E-state index in [1.54, 1.807) is 0 Å². The predicted molar refractivity (Wildman–Crippen MR) is 85.7 cm³/mol. The Morgan fingerprint density at radius 3 is 2.52 bits per heavy atom. The van der Waals surface area contributed by atoms with Crippen LogP contribution in [0.15, 0.2) is 52.5 Å². The molecule has 2 aromatic rings. The number of rotatable bonds is 6. The van der Waals surface area contributed by atoms with E-state index in [-0.39, 0.29) is 11.3 Å². The molecule has 0 saturated heterocycles. The molecule has 25 heavy (non-hydrogen) atoms. The van der Waals surface area contributed by atoms with Crippen LogP contribution < -0.4 is 5.43 Å². The number of nitro benzene ring substituents is 1. The number of anilines is 1. The second kappa shape index (κ2) is 7.07. The lowest BCUT2D eigenvalue weighted by Crippen LogP contribution is -2.05. The molecule has 0 aliphatic carbocycles. The minimum atomic E-state index is -4.70. The SMILES string of the molecule is O=C(O)c1cc([N+](=O)[O-])ccc1N/N=C/c1ccccc1S(=O)(=O)[O-]. The van der Waals surface area contributed by atoms with E-state index >= 15 is 0 Å². The maximum absolute atomic E-state index is 11.2. The summed E-state index contributed by atoms with van der Waals surface area (Å²) in [4.78, 5) is 20.6. The number of benzene rings is 2. The van der Waals surface area contributed by atoms with E-state index in [0.717, 1.165) is 30.5 Å². The van der Waals surface area contributed by atoms with Crippen molar-refractivity contribution in [3.63, 3.8) is 0 Å². The van der Waals surface area contributed by atoms with E-state index in [0.29, 0.717) is 0 Å². The molecular weight excluding hydrogens is 354 g/mol. The minimum Gasteiger partial charge on any atom is -0.744 e. The van der Waals surface area contributed by atoms with Crippen molar-refractivity contribution in [1.29, 1.82) is 0 Å². The number of hydrazone groups is 1. The molecule has 0 amide bonds. The molecule has 0 spiro atoms. The monoisotopic (exact) mass is 364 g/mol. The van der Waals surface area contributed by atoms with Gasteiger partial charge in [0.1, 0.15) is 10.1 Å². The summed E-state index contributed by atoms with van der Waals surface area (Å²) in [7, 11) is -4.70. The van der Waals surface area contributed by atoms with Crippen molar-refractivity contribution >= 4 is 33.7 Å². The fraction of sp³-hybridized carbons (Fsp3) is 0. The van der Waals surface area contributed by atoms with Gasteiger partial charge in [-0.2, -0.15) is 5.10 Å². The van der Waals surface area contributed by atoms with E-state index in [1.807, 2.05) is 0 Å². The molecule has 0 fully saturated rings. The van der Waals surface area contributed by atoms with Crippen LogP contribution in [-0.2, 0) is 10.1 Å². The molecule has 0 radical (unpaired) electrons. The van der Waals surface area contributed by atoms with Gasteiger partial charge in [0.25, 0.3) is 5.69 Å². The zero-order valence-electron chi connectivity index (χ0n) is 12.3. The molecule has 10 nitrogen and oxygen atoms in total. The van der Waals surface area contributed by atoms with E-state index in [2.05, 4.69) is 10.5 Å². The van der Waals surface area contributed by atoms with Crippen molar-refractivity contribution in [2.45, 2.75) is 4.90 Å². The van der Waals surface area contributed by atoms with E-state index in [9.17, 15) is 27.9 Å². The maximum atomic E-state index is 11.2. The molecule has 0 bridgehead atoms. The lowest BCUT2D eigenvalue weighted by molar-refractivity contribution is -0.384. The number of aromatic carboxylic acids is 1. The number of nitro groups is 1. The summed E-state index contributed by atoms with van der Waals surface area (Å²) >= 11 is 0. The first-order chi connectivity index (χ1) is 11.7.